The van der Waals surface area contributed by atoms with Crippen molar-refractivity contribution in [3.05, 3.63) is 66.1 Å². The van der Waals surface area contributed by atoms with E-state index < -0.39 is 0 Å². The van der Waals surface area contributed by atoms with E-state index in [1.165, 1.54) is 0 Å². The van der Waals surface area contributed by atoms with Crippen LogP contribution in [0.3, 0.4) is 0 Å². The molecule has 0 fully saturated rings. The van der Waals surface area contributed by atoms with E-state index in [-0.39, 0.29) is 0 Å². The van der Waals surface area contributed by atoms with Crippen molar-refractivity contribution >= 4 is 22.8 Å². The number of rotatable bonds is 7. The summed E-state index contributed by atoms with van der Waals surface area (Å²) < 4.78 is 7.66. The third-order valence-corrected chi connectivity index (χ3v) is 4.78. The predicted molar refractivity (Wildman–Crippen MR) is 116 cm³/mol. The van der Waals surface area contributed by atoms with E-state index in [1.807, 2.05) is 53.1 Å². The number of pyridine rings is 2. The molecule has 7 heteroatoms. The molecule has 3 aromatic heterocycles. The number of imidazole rings is 1. The summed E-state index contributed by atoms with van der Waals surface area (Å²) in [6, 6.07) is 15.4. The molecule has 29 heavy (non-hydrogen) atoms. The van der Waals surface area contributed by atoms with Crippen LogP contribution in [0, 0.1) is 0 Å². The number of nitrogens with zero attached hydrogens (tertiary/aromatic N) is 5. The average Bonchev–Trinajstić information content (AvgIpc) is 3.15. The molecule has 0 saturated carbocycles. The summed E-state index contributed by atoms with van der Waals surface area (Å²) in [5.74, 6) is 0.625. The van der Waals surface area contributed by atoms with Crippen LogP contribution in [0.15, 0.2) is 61.1 Å². The summed E-state index contributed by atoms with van der Waals surface area (Å²) in [4.78, 5) is 15.8. The normalized spacial score (nSPS) is 11.3. The fraction of sp³-hybridized carbons (Fsp3) is 0.227. The molecule has 0 saturated heterocycles. The molecule has 0 unspecified atom stereocenters. The minimum atomic E-state index is 0.625. The minimum absolute atomic E-state index is 0.625. The quantitative estimate of drug-likeness (QED) is 0.423. The van der Waals surface area contributed by atoms with Gasteiger partial charge < -0.3 is 9.64 Å². The number of fused-ring (bicyclic) bond motifs is 1. The maximum absolute atomic E-state index is 6.00. The third kappa shape index (κ3) is 4.55. The molecule has 0 aliphatic rings. The number of halogens is 1. The second-order valence-corrected chi connectivity index (χ2v) is 7.46. The van der Waals surface area contributed by atoms with Crippen molar-refractivity contribution in [3.8, 4) is 22.8 Å². The van der Waals surface area contributed by atoms with E-state index in [1.54, 1.807) is 12.5 Å². The molecule has 0 amide bonds. The van der Waals surface area contributed by atoms with E-state index in [0.29, 0.717) is 17.5 Å². The Morgan fingerprint density at radius 1 is 1.00 bits per heavy atom. The summed E-state index contributed by atoms with van der Waals surface area (Å²) in [6.07, 6.45) is 4.52. The Morgan fingerprint density at radius 2 is 1.83 bits per heavy atom. The van der Waals surface area contributed by atoms with Gasteiger partial charge in [0.1, 0.15) is 11.8 Å². The zero-order valence-electron chi connectivity index (χ0n) is 16.4. The van der Waals surface area contributed by atoms with Crippen molar-refractivity contribution in [1.82, 2.24) is 24.4 Å². The third-order valence-electron chi connectivity index (χ3n) is 4.53. The summed E-state index contributed by atoms with van der Waals surface area (Å²) in [6.45, 7) is 1.64. The largest absolute Gasteiger partial charge is 0.478 e. The van der Waals surface area contributed by atoms with Crippen molar-refractivity contribution in [3.63, 3.8) is 0 Å². The topological polar surface area (TPSA) is 56.1 Å². The number of aromatic nitrogens is 4. The van der Waals surface area contributed by atoms with Crippen molar-refractivity contribution in [1.29, 1.82) is 0 Å². The molecule has 0 bridgehead atoms. The number of hydrogen-bond donors (Lipinski definition) is 0. The molecule has 0 aliphatic heterocycles. The lowest BCUT2D eigenvalue weighted by Gasteiger charge is -2.10. The van der Waals surface area contributed by atoms with Gasteiger partial charge in [-0.3, -0.25) is 4.57 Å². The first-order chi connectivity index (χ1) is 14.1. The Labute approximate surface area is 174 Å². The van der Waals surface area contributed by atoms with Gasteiger partial charge in [-0.25, -0.2) is 15.0 Å². The van der Waals surface area contributed by atoms with Crippen LogP contribution in [0.2, 0.25) is 5.02 Å². The second-order valence-electron chi connectivity index (χ2n) is 7.02. The van der Waals surface area contributed by atoms with Crippen molar-refractivity contribution < 1.29 is 4.74 Å². The molecule has 0 aliphatic carbocycles. The van der Waals surface area contributed by atoms with Gasteiger partial charge in [-0.2, -0.15) is 0 Å². The molecule has 0 spiro atoms. The SMILES string of the molecule is CN(C)CCCOc1ccc(-c2ccc3ncn(-c4ccc(Cl)cc4)c3n2)cn1. The van der Waals surface area contributed by atoms with Crippen LogP contribution in [0.1, 0.15) is 6.42 Å². The van der Waals surface area contributed by atoms with Gasteiger partial charge in [0.15, 0.2) is 5.65 Å². The van der Waals surface area contributed by atoms with Crippen molar-refractivity contribution in [2.75, 3.05) is 27.2 Å². The number of ether oxygens (including phenoxy) is 1. The highest BCUT2D eigenvalue weighted by atomic mass is 35.5. The lowest BCUT2D eigenvalue weighted by atomic mass is 10.2. The highest BCUT2D eigenvalue weighted by molar-refractivity contribution is 6.30. The van der Waals surface area contributed by atoms with Gasteiger partial charge in [0.05, 0.1) is 12.3 Å². The standard InChI is InChI=1S/C22H22ClN5O/c1-27(2)12-3-13-29-21-11-4-16(14-24-21)19-9-10-20-22(26-19)28(15-25-20)18-7-5-17(23)6-8-18/h4-11,14-15H,3,12-13H2,1-2H3. The van der Waals surface area contributed by atoms with Gasteiger partial charge in [0, 0.05) is 35.1 Å². The lowest BCUT2D eigenvalue weighted by Crippen LogP contribution is -2.15. The Bertz CT molecular complexity index is 1090. The smallest absolute Gasteiger partial charge is 0.213 e. The highest BCUT2D eigenvalue weighted by Gasteiger charge is 2.09. The molecule has 0 radical (unpaired) electrons. The highest BCUT2D eigenvalue weighted by Crippen LogP contribution is 2.23. The fourth-order valence-corrected chi connectivity index (χ4v) is 3.15. The zero-order chi connectivity index (χ0) is 20.2. The van der Waals surface area contributed by atoms with E-state index in [4.69, 9.17) is 21.3 Å². The van der Waals surface area contributed by atoms with Gasteiger partial charge >= 0.3 is 0 Å². The molecule has 0 atom stereocenters. The van der Waals surface area contributed by atoms with E-state index >= 15 is 0 Å². The summed E-state index contributed by atoms with van der Waals surface area (Å²) >= 11 is 6.00. The second kappa shape index (κ2) is 8.59. The maximum Gasteiger partial charge on any atom is 0.213 e. The molecule has 4 aromatic rings. The van der Waals surface area contributed by atoms with Gasteiger partial charge in [-0.05, 0) is 63.0 Å². The molecule has 148 valence electrons. The summed E-state index contributed by atoms with van der Waals surface area (Å²) in [5, 5.41) is 0.696. The monoisotopic (exact) mass is 407 g/mol. The van der Waals surface area contributed by atoms with Crippen LogP contribution in [-0.2, 0) is 0 Å². The van der Waals surface area contributed by atoms with Crippen LogP contribution in [-0.4, -0.2) is 51.7 Å². The molecule has 3 heterocycles. The molecular formula is C22H22ClN5O. The molecule has 4 rings (SSSR count). The number of hydrogen-bond acceptors (Lipinski definition) is 5. The van der Waals surface area contributed by atoms with E-state index in [2.05, 4.69) is 29.0 Å². The van der Waals surface area contributed by atoms with Gasteiger partial charge in [0.25, 0.3) is 0 Å². The Kier molecular flexibility index (Phi) is 5.74. The first-order valence-electron chi connectivity index (χ1n) is 9.44. The van der Waals surface area contributed by atoms with E-state index in [0.717, 1.165) is 41.1 Å². The van der Waals surface area contributed by atoms with Crippen LogP contribution >= 0.6 is 11.6 Å². The Hall–Kier alpha value is -2.96. The van der Waals surface area contributed by atoms with Gasteiger partial charge in [0.2, 0.25) is 5.88 Å². The van der Waals surface area contributed by atoms with Crippen LogP contribution in [0.4, 0.5) is 0 Å². The average molecular weight is 408 g/mol. The number of benzene rings is 1. The van der Waals surface area contributed by atoms with Gasteiger partial charge in [-0.15, -0.1) is 0 Å². The van der Waals surface area contributed by atoms with Crippen LogP contribution in [0.5, 0.6) is 5.88 Å². The summed E-state index contributed by atoms with van der Waals surface area (Å²) in [7, 11) is 4.10. The molecular weight excluding hydrogens is 386 g/mol. The first kappa shape index (κ1) is 19.4. The van der Waals surface area contributed by atoms with Gasteiger partial charge in [-0.1, -0.05) is 11.6 Å². The predicted octanol–water partition coefficient (Wildman–Crippen LogP) is 4.47. The lowest BCUT2D eigenvalue weighted by molar-refractivity contribution is 0.273. The minimum Gasteiger partial charge on any atom is -0.478 e. The Morgan fingerprint density at radius 3 is 2.55 bits per heavy atom. The molecule has 1 aromatic carbocycles. The summed E-state index contributed by atoms with van der Waals surface area (Å²) in [5.41, 5.74) is 4.34. The molecule has 6 nitrogen and oxygen atoms in total. The van der Waals surface area contributed by atoms with E-state index in [9.17, 15) is 0 Å². The maximum atomic E-state index is 6.00. The van der Waals surface area contributed by atoms with Crippen molar-refractivity contribution in [2.45, 2.75) is 6.42 Å². The molecule has 0 N–H and O–H groups in total. The first-order valence-corrected chi connectivity index (χ1v) is 9.82. The fourth-order valence-electron chi connectivity index (χ4n) is 3.02. The van der Waals surface area contributed by atoms with Crippen LogP contribution in [0.25, 0.3) is 28.1 Å². The van der Waals surface area contributed by atoms with Crippen LogP contribution < -0.4 is 4.74 Å². The van der Waals surface area contributed by atoms with Crippen molar-refractivity contribution in [2.24, 2.45) is 0 Å². The zero-order valence-corrected chi connectivity index (χ0v) is 17.2. The Balaban J connectivity index is 1.55.